The zero-order valence-electron chi connectivity index (χ0n) is 14.0. The molecule has 0 amide bonds. The minimum atomic E-state index is -0.893. The van der Waals surface area contributed by atoms with Crippen LogP contribution >= 0.6 is 0 Å². The molecule has 5 heteroatoms. The van der Waals surface area contributed by atoms with Gasteiger partial charge in [0.15, 0.2) is 0 Å². The zero-order valence-corrected chi connectivity index (χ0v) is 14.0. The first-order valence-electron chi connectivity index (χ1n) is 8.01. The minimum Gasteiger partial charge on any atom is -0.474 e. The summed E-state index contributed by atoms with van der Waals surface area (Å²) in [7, 11) is 0. The van der Waals surface area contributed by atoms with Crippen molar-refractivity contribution in [2.75, 3.05) is 6.61 Å². The number of rotatable bonds is 5. The maximum Gasteiger partial charge on any atom is 0.352 e. The Labute approximate surface area is 144 Å². The van der Waals surface area contributed by atoms with Crippen molar-refractivity contribution >= 4 is 16.9 Å². The summed E-state index contributed by atoms with van der Waals surface area (Å²) < 4.78 is 16.2. The molecule has 1 atom stereocenters. The number of aryl methyl sites for hydroxylation is 1. The van der Waals surface area contributed by atoms with Crippen molar-refractivity contribution in [1.29, 1.82) is 0 Å². The van der Waals surface area contributed by atoms with Crippen LogP contribution in [0.2, 0.25) is 0 Å². The van der Waals surface area contributed by atoms with E-state index in [0.29, 0.717) is 16.9 Å². The molecule has 0 spiro atoms. The molecule has 3 aromatic rings. The Bertz CT molecular complexity index is 943. The molecule has 25 heavy (non-hydrogen) atoms. The zero-order chi connectivity index (χ0) is 17.8. The fraction of sp³-hybridized carbons (Fsp3) is 0.200. The molecule has 0 saturated heterocycles. The Morgan fingerprint density at radius 3 is 2.60 bits per heavy atom. The van der Waals surface area contributed by atoms with Gasteiger partial charge >= 0.3 is 11.6 Å². The van der Waals surface area contributed by atoms with Crippen LogP contribution in [-0.2, 0) is 9.53 Å². The number of hydrogen-bond acceptors (Lipinski definition) is 5. The van der Waals surface area contributed by atoms with Crippen LogP contribution in [0.25, 0.3) is 11.0 Å². The number of ether oxygens (including phenoxy) is 2. The Morgan fingerprint density at radius 2 is 1.88 bits per heavy atom. The van der Waals surface area contributed by atoms with Crippen LogP contribution in [0.1, 0.15) is 24.2 Å². The molecule has 0 aliphatic heterocycles. The molecule has 1 heterocycles. The third-order valence-corrected chi connectivity index (χ3v) is 3.78. The number of esters is 1. The second kappa shape index (κ2) is 7.21. The summed E-state index contributed by atoms with van der Waals surface area (Å²) in [5.74, 6) is -0.0531. The molecule has 128 valence electrons. The van der Waals surface area contributed by atoms with Gasteiger partial charge in [0, 0.05) is 23.1 Å². The number of hydrogen-bond donors (Lipinski definition) is 0. The van der Waals surface area contributed by atoms with Gasteiger partial charge in [-0.2, -0.15) is 0 Å². The van der Waals surface area contributed by atoms with Crippen LogP contribution in [0.15, 0.2) is 63.8 Å². The third-order valence-electron chi connectivity index (χ3n) is 3.78. The Morgan fingerprint density at radius 1 is 1.12 bits per heavy atom. The number of carbonyl (C=O) groups excluding carboxylic acids is 1. The summed E-state index contributed by atoms with van der Waals surface area (Å²) in [6.45, 7) is 3.84. The van der Waals surface area contributed by atoms with Crippen molar-refractivity contribution in [2.24, 2.45) is 0 Å². The van der Waals surface area contributed by atoms with Crippen molar-refractivity contribution in [1.82, 2.24) is 0 Å². The van der Waals surface area contributed by atoms with E-state index in [0.717, 1.165) is 10.9 Å². The molecule has 0 saturated carbocycles. The van der Waals surface area contributed by atoms with Crippen molar-refractivity contribution in [3.05, 3.63) is 76.1 Å². The van der Waals surface area contributed by atoms with E-state index in [9.17, 15) is 9.59 Å². The smallest absolute Gasteiger partial charge is 0.352 e. The number of benzene rings is 2. The molecule has 2 aromatic carbocycles. The summed E-state index contributed by atoms with van der Waals surface area (Å²) in [6, 6.07) is 15.7. The molecular formula is C20H18O5. The maximum atomic E-state index is 12.3. The van der Waals surface area contributed by atoms with E-state index in [1.165, 1.54) is 6.07 Å². The van der Waals surface area contributed by atoms with Gasteiger partial charge in [-0.3, -0.25) is 0 Å². The molecule has 0 N–H and O–H groups in total. The minimum absolute atomic E-state index is 0.261. The van der Waals surface area contributed by atoms with Gasteiger partial charge in [-0.15, -0.1) is 0 Å². The standard InChI is InChI=1S/C20H18O5/c1-3-23-20(22)19(14-7-5-4-6-8-14)24-15-9-10-16-13(2)11-18(21)25-17(16)12-15/h4-12,19H,3H2,1-2H3. The summed E-state index contributed by atoms with van der Waals surface area (Å²) in [5, 5.41) is 0.819. The summed E-state index contributed by atoms with van der Waals surface area (Å²) in [5.41, 5.74) is 1.50. The highest BCUT2D eigenvalue weighted by atomic mass is 16.6. The highest BCUT2D eigenvalue weighted by Crippen LogP contribution is 2.27. The third kappa shape index (κ3) is 3.71. The molecule has 0 radical (unpaired) electrons. The largest absolute Gasteiger partial charge is 0.474 e. The molecule has 0 bridgehead atoms. The highest BCUT2D eigenvalue weighted by Gasteiger charge is 2.24. The predicted octanol–water partition coefficient (Wildman–Crippen LogP) is 3.78. The molecule has 0 fully saturated rings. The average molecular weight is 338 g/mol. The van der Waals surface area contributed by atoms with Crippen LogP contribution in [-0.4, -0.2) is 12.6 Å². The molecule has 1 aromatic heterocycles. The molecule has 0 aliphatic carbocycles. The maximum absolute atomic E-state index is 12.3. The van der Waals surface area contributed by atoms with Gasteiger partial charge in [0.1, 0.15) is 11.3 Å². The van der Waals surface area contributed by atoms with Gasteiger partial charge in [-0.25, -0.2) is 9.59 Å². The highest BCUT2D eigenvalue weighted by molar-refractivity contribution is 5.82. The first kappa shape index (κ1) is 16.8. The van der Waals surface area contributed by atoms with E-state index >= 15 is 0 Å². The van der Waals surface area contributed by atoms with Gasteiger partial charge < -0.3 is 13.9 Å². The van der Waals surface area contributed by atoms with Gasteiger partial charge in [0.25, 0.3) is 0 Å². The number of fused-ring (bicyclic) bond motifs is 1. The van der Waals surface area contributed by atoms with Crippen LogP contribution < -0.4 is 10.4 Å². The Kier molecular flexibility index (Phi) is 4.84. The SMILES string of the molecule is CCOC(=O)C(Oc1ccc2c(C)cc(=O)oc2c1)c1ccccc1. The lowest BCUT2D eigenvalue weighted by atomic mass is 10.1. The van der Waals surface area contributed by atoms with E-state index in [1.54, 1.807) is 37.3 Å². The van der Waals surface area contributed by atoms with E-state index in [-0.39, 0.29) is 6.61 Å². The first-order chi connectivity index (χ1) is 12.1. The Hall–Kier alpha value is -3.08. The average Bonchev–Trinajstić information content (AvgIpc) is 2.60. The Balaban J connectivity index is 1.98. The van der Waals surface area contributed by atoms with Gasteiger partial charge in [-0.1, -0.05) is 30.3 Å². The number of carbonyl (C=O) groups is 1. The second-order valence-corrected chi connectivity index (χ2v) is 5.57. The van der Waals surface area contributed by atoms with Crippen LogP contribution in [0.3, 0.4) is 0 Å². The summed E-state index contributed by atoms with van der Waals surface area (Å²) in [6.07, 6.45) is -0.893. The monoisotopic (exact) mass is 338 g/mol. The van der Waals surface area contributed by atoms with Crippen molar-refractivity contribution in [3.8, 4) is 5.75 Å². The normalized spacial score (nSPS) is 11.9. The quantitative estimate of drug-likeness (QED) is 0.523. The van der Waals surface area contributed by atoms with E-state index in [4.69, 9.17) is 13.9 Å². The van der Waals surface area contributed by atoms with Gasteiger partial charge in [0.05, 0.1) is 6.61 Å². The van der Waals surface area contributed by atoms with Crippen molar-refractivity contribution in [3.63, 3.8) is 0 Å². The van der Waals surface area contributed by atoms with Gasteiger partial charge in [-0.05, 0) is 31.5 Å². The van der Waals surface area contributed by atoms with E-state index in [1.807, 2.05) is 25.1 Å². The van der Waals surface area contributed by atoms with Crippen LogP contribution in [0.4, 0.5) is 0 Å². The fourth-order valence-corrected chi connectivity index (χ4v) is 2.61. The first-order valence-corrected chi connectivity index (χ1v) is 8.01. The predicted molar refractivity (Wildman–Crippen MR) is 93.7 cm³/mol. The topological polar surface area (TPSA) is 65.7 Å². The van der Waals surface area contributed by atoms with Crippen molar-refractivity contribution < 1.29 is 18.7 Å². The molecule has 0 aliphatic rings. The summed E-state index contributed by atoms with van der Waals surface area (Å²) in [4.78, 5) is 23.9. The lowest BCUT2D eigenvalue weighted by Crippen LogP contribution is -2.21. The van der Waals surface area contributed by atoms with E-state index in [2.05, 4.69) is 0 Å². The second-order valence-electron chi connectivity index (χ2n) is 5.57. The van der Waals surface area contributed by atoms with Crippen molar-refractivity contribution in [2.45, 2.75) is 20.0 Å². The van der Waals surface area contributed by atoms with E-state index < -0.39 is 17.7 Å². The molecule has 1 unspecified atom stereocenters. The molecule has 3 rings (SSSR count). The fourth-order valence-electron chi connectivity index (χ4n) is 2.61. The lowest BCUT2D eigenvalue weighted by molar-refractivity contribution is -0.151. The summed E-state index contributed by atoms with van der Waals surface area (Å²) >= 11 is 0. The molecule has 5 nitrogen and oxygen atoms in total. The lowest BCUT2D eigenvalue weighted by Gasteiger charge is -2.18. The van der Waals surface area contributed by atoms with Gasteiger partial charge in [0.2, 0.25) is 6.10 Å². The van der Waals surface area contributed by atoms with Crippen LogP contribution in [0, 0.1) is 6.92 Å². The van der Waals surface area contributed by atoms with Crippen LogP contribution in [0.5, 0.6) is 5.75 Å². The molecular weight excluding hydrogens is 320 g/mol.